The van der Waals surface area contributed by atoms with Crippen molar-refractivity contribution in [1.82, 2.24) is 0 Å². The van der Waals surface area contributed by atoms with Crippen molar-refractivity contribution in [3.8, 4) is 0 Å². The molecule has 0 amide bonds. The minimum Gasteiger partial charge on any atom is -0.308 e. The number of hydrogen-bond donors (Lipinski definition) is 0. The largest absolute Gasteiger partial charge is 0.308 e. The van der Waals surface area contributed by atoms with E-state index in [2.05, 4.69) is 19.4 Å². The third-order valence-electron chi connectivity index (χ3n) is 3.19. The number of rotatable bonds is 8. The van der Waals surface area contributed by atoms with Gasteiger partial charge in [0, 0.05) is 0 Å². The van der Waals surface area contributed by atoms with Crippen LogP contribution in [0.1, 0.15) is 25.7 Å². The van der Waals surface area contributed by atoms with E-state index in [1.807, 2.05) is 0 Å². The van der Waals surface area contributed by atoms with Crippen LogP contribution in [0, 0.1) is 40.5 Å². The molecule has 0 heterocycles. The Hall–Kier alpha value is -3.20. The van der Waals surface area contributed by atoms with Crippen LogP contribution < -0.4 is 0 Å². The molecule has 1 fully saturated rings. The Bertz CT molecular complexity index is 411. The highest BCUT2D eigenvalue weighted by atomic mass is 17.0. The zero-order valence-corrected chi connectivity index (χ0v) is 11.8. The molecule has 16 nitrogen and oxygen atoms in total. The first-order valence-electron chi connectivity index (χ1n) is 6.43. The summed E-state index contributed by atoms with van der Waals surface area (Å²) in [6.45, 7) is 0. The Balaban J connectivity index is 2.93. The van der Waals surface area contributed by atoms with Gasteiger partial charge < -0.3 is 19.4 Å². The predicted octanol–water partition coefficient (Wildman–Crippen LogP) is -0.132. The van der Waals surface area contributed by atoms with Gasteiger partial charge in [0.1, 0.15) is 24.4 Å². The van der Waals surface area contributed by atoms with E-state index < -0.39 is 44.8 Å². The van der Waals surface area contributed by atoms with E-state index in [-0.39, 0.29) is 25.7 Å². The number of hydrogen-bond acceptors (Lipinski definition) is 12. The summed E-state index contributed by atoms with van der Waals surface area (Å²) >= 11 is 0. The average Bonchev–Trinajstić information content (AvgIpc) is 2.42. The summed E-state index contributed by atoms with van der Waals surface area (Å²) in [5, 5.41) is 37.1. The Morgan fingerprint density at radius 2 is 0.667 bits per heavy atom. The van der Waals surface area contributed by atoms with Crippen molar-refractivity contribution in [3.63, 3.8) is 0 Å². The Morgan fingerprint density at radius 1 is 0.500 bits per heavy atom. The molecule has 1 saturated carbocycles. The smallest absolute Gasteiger partial charge is 0.294 e. The molecular weight excluding hydrogens is 344 g/mol. The van der Waals surface area contributed by atoms with Crippen LogP contribution in [0.5, 0.6) is 0 Å². The highest BCUT2D eigenvalue weighted by Crippen LogP contribution is 2.27. The first-order chi connectivity index (χ1) is 11.2. The van der Waals surface area contributed by atoms with Gasteiger partial charge in [0.2, 0.25) is 0 Å². The van der Waals surface area contributed by atoms with Crippen LogP contribution in [0.2, 0.25) is 0 Å². The maximum Gasteiger partial charge on any atom is 0.294 e. The Morgan fingerprint density at radius 3 is 0.792 bits per heavy atom. The second kappa shape index (κ2) is 8.44. The normalized spacial score (nSPS) is 27.0. The fourth-order valence-electron chi connectivity index (χ4n) is 2.33. The Labute approximate surface area is 131 Å². The van der Waals surface area contributed by atoms with Crippen molar-refractivity contribution in [2.24, 2.45) is 0 Å². The van der Waals surface area contributed by atoms with Crippen molar-refractivity contribution >= 4 is 0 Å². The summed E-state index contributed by atoms with van der Waals surface area (Å²) in [4.78, 5) is 59.1. The fourth-order valence-corrected chi connectivity index (χ4v) is 2.33. The van der Waals surface area contributed by atoms with Gasteiger partial charge in [-0.25, -0.2) is 0 Å². The molecule has 0 N–H and O–H groups in total. The second-order valence-electron chi connectivity index (χ2n) is 4.62. The lowest BCUT2D eigenvalue weighted by Gasteiger charge is -2.31. The highest BCUT2D eigenvalue weighted by molar-refractivity contribution is 4.81. The van der Waals surface area contributed by atoms with Crippen molar-refractivity contribution < 1.29 is 39.7 Å². The van der Waals surface area contributed by atoms with Crippen LogP contribution in [0.4, 0.5) is 0 Å². The van der Waals surface area contributed by atoms with Crippen LogP contribution in [0.25, 0.3) is 0 Å². The first-order valence-corrected chi connectivity index (χ1v) is 6.43. The molecule has 1 aliphatic carbocycles. The van der Waals surface area contributed by atoms with E-state index in [0.29, 0.717) is 0 Å². The maximum atomic E-state index is 10.5. The lowest BCUT2D eigenvalue weighted by molar-refractivity contribution is -0.805. The molecule has 24 heavy (non-hydrogen) atoms. The van der Waals surface area contributed by atoms with E-state index in [4.69, 9.17) is 0 Å². The highest BCUT2D eigenvalue weighted by Gasteiger charge is 2.37. The van der Waals surface area contributed by atoms with Gasteiger partial charge in [-0.05, 0) is 25.7 Å². The minimum absolute atomic E-state index is 0.324. The lowest BCUT2D eigenvalue weighted by Crippen LogP contribution is -2.43. The van der Waals surface area contributed by atoms with Crippen molar-refractivity contribution in [3.05, 3.63) is 40.5 Å². The molecule has 4 unspecified atom stereocenters. The van der Waals surface area contributed by atoms with Crippen LogP contribution in [-0.4, -0.2) is 44.8 Å². The zero-order chi connectivity index (χ0) is 18.3. The SMILES string of the molecule is O=[N+]([O-])OC1CCC(O[N+](=O)[O-])C(O[N+](=O)[O-])CCC1O[N+](=O)[O-]. The molecule has 0 bridgehead atoms. The van der Waals surface area contributed by atoms with Gasteiger partial charge >= 0.3 is 0 Å². The summed E-state index contributed by atoms with van der Waals surface area (Å²) < 4.78 is 0. The van der Waals surface area contributed by atoms with Gasteiger partial charge in [-0.3, -0.25) is 0 Å². The van der Waals surface area contributed by atoms with E-state index in [1.165, 1.54) is 0 Å². The monoisotopic (exact) mass is 356 g/mol. The minimum atomic E-state index is -1.40. The topological polar surface area (TPSA) is 209 Å². The summed E-state index contributed by atoms with van der Waals surface area (Å²) in [6.07, 6.45) is -6.91. The third kappa shape index (κ3) is 6.28. The predicted molar refractivity (Wildman–Crippen MR) is 65.9 cm³/mol. The van der Waals surface area contributed by atoms with Gasteiger partial charge in [-0.2, -0.15) is 0 Å². The molecule has 0 radical (unpaired) electrons. The maximum absolute atomic E-state index is 10.5. The van der Waals surface area contributed by atoms with E-state index >= 15 is 0 Å². The zero-order valence-electron chi connectivity index (χ0n) is 11.8. The van der Waals surface area contributed by atoms with Crippen molar-refractivity contribution in [2.75, 3.05) is 0 Å². The van der Waals surface area contributed by atoms with Gasteiger partial charge in [0.15, 0.2) is 0 Å². The van der Waals surface area contributed by atoms with Gasteiger partial charge in [-0.1, -0.05) is 0 Å². The lowest BCUT2D eigenvalue weighted by atomic mass is 9.92. The molecule has 0 aliphatic heterocycles. The summed E-state index contributed by atoms with van der Waals surface area (Å²) in [6, 6.07) is 0. The fraction of sp³-hybridized carbons (Fsp3) is 1.00. The summed E-state index contributed by atoms with van der Waals surface area (Å²) in [5.74, 6) is 0. The van der Waals surface area contributed by atoms with Crippen LogP contribution in [-0.2, 0) is 19.4 Å². The molecule has 0 aromatic heterocycles. The van der Waals surface area contributed by atoms with Crippen molar-refractivity contribution in [2.45, 2.75) is 50.1 Å². The molecule has 4 atom stereocenters. The third-order valence-corrected chi connectivity index (χ3v) is 3.19. The number of nitrogens with zero attached hydrogens (tertiary/aromatic N) is 4. The second-order valence-corrected chi connectivity index (χ2v) is 4.62. The Kier molecular flexibility index (Phi) is 6.63. The standard InChI is InChI=1S/C8H12N4O12/c13-9(14)21-5-1-2-6(22-10(15)16)8(24-12(19)20)4-3-7(5)23-11(17)18/h5-8H,1-4H2. The summed E-state index contributed by atoms with van der Waals surface area (Å²) in [7, 11) is 0. The van der Waals surface area contributed by atoms with Gasteiger partial charge in [-0.15, -0.1) is 40.5 Å². The molecule has 0 aromatic rings. The summed E-state index contributed by atoms with van der Waals surface area (Å²) in [5.41, 5.74) is 0. The molecule has 16 heteroatoms. The van der Waals surface area contributed by atoms with Crippen molar-refractivity contribution in [1.29, 1.82) is 0 Å². The van der Waals surface area contributed by atoms with E-state index in [1.54, 1.807) is 0 Å². The quantitative estimate of drug-likeness (QED) is 0.411. The molecule has 0 spiro atoms. The van der Waals surface area contributed by atoms with Gasteiger partial charge in [0.05, 0.1) is 0 Å². The van der Waals surface area contributed by atoms with Gasteiger partial charge in [0.25, 0.3) is 20.3 Å². The van der Waals surface area contributed by atoms with Crippen LogP contribution >= 0.6 is 0 Å². The molecule has 136 valence electrons. The molecular formula is C8H12N4O12. The van der Waals surface area contributed by atoms with Crippen LogP contribution in [0.15, 0.2) is 0 Å². The molecule has 1 rings (SSSR count). The van der Waals surface area contributed by atoms with E-state index in [0.717, 1.165) is 0 Å². The average molecular weight is 356 g/mol. The first kappa shape index (κ1) is 18.8. The van der Waals surface area contributed by atoms with Crippen LogP contribution in [0.3, 0.4) is 0 Å². The molecule has 0 aromatic carbocycles. The molecule has 1 aliphatic rings. The van der Waals surface area contributed by atoms with E-state index in [9.17, 15) is 40.5 Å². The molecule has 0 saturated heterocycles.